The lowest BCUT2D eigenvalue weighted by Crippen LogP contribution is -2.56. The van der Waals surface area contributed by atoms with Crippen LogP contribution in [-0.4, -0.2) is 75.4 Å². The molecule has 5 rings (SSSR count). The molecule has 1 aromatic heterocycles. The number of carbonyl (C=O) groups is 1. The van der Waals surface area contributed by atoms with E-state index < -0.39 is 0 Å². The van der Waals surface area contributed by atoms with Crippen LogP contribution in [0.15, 0.2) is 12.4 Å². The number of carbonyl (C=O) groups excluding carboxylic acids is 1. The van der Waals surface area contributed by atoms with Crippen molar-refractivity contribution in [2.24, 2.45) is 0 Å². The highest BCUT2D eigenvalue weighted by atomic mass is 16.1. The summed E-state index contributed by atoms with van der Waals surface area (Å²) in [7, 11) is 0. The molecular weight excluding hydrogens is 374 g/mol. The number of nitrogens with zero attached hydrogens (tertiary/aromatic N) is 5. The average molecular weight is 412 g/mol. The van der Waals surface area contributed by atoms with Crippen molar-refractivity contribution in [3.05, 3.63) is 18.0 Å². The van der Waals surface area contributed by atoms with Crippen molar-refractivity contribution in [1.29, 1.82) is 0 Å². The third-order valence-electron chi connectivity index (χ3n) is 8.24. The van der Waals surface area contributed by atoms with Crippen LogP contribution in [-0.2, 0) is 4.79 Å². The van der Waals surface area contributed by atoms with E-state index in [-0.39, 0.29) is 0 Å². The van der Waals surface area contributed by atoms with Gasteiger partial charge in [-0.25, -0.2) is 9.97 Å². The van der Waals surface area contributed by atoms with Gasteiger partial charge in [-0.2, -0.15) is 0 Å². The third-order valence-corrected chi connectivity index (χ3v) is 8.24. The van der Waals surface area contributed by atoms with Crippen LogP contribution >= 0.6 is 0 Å². The van der Waals surface area contributed by atoms with Gasteiger partial charge in [0.15, 0.2) is 0 Å². The minimum Gasteiger partial charge on any atom is -0.332 e. The highest BCUT2D eigenvalue weighted by Gasteiger charge is 2.43. The molecule has 6 heteroatoms. The van der Waals surface area contributed by atoms with E-state index in [2.05, 4.69) is 40.9 Å². The van der Waals surface area contributed by atoms with Crippen molar-refractivity contribution in [3.63, 3.8) is 0 Å². The van der Waals surface area contributed by atoms with Gasteiger partial charge in [-0.3, -0.25) is 14.6 Å². The standard InChI is InChI=1S/C24H37N5O/c1-4-23(30)15-28-19-5-6-20(28)10-17(9-19)18-11-25-24(26-12-18)29-21-7-8-22(29)14-27(13-21)16(2)3/h11-12,16-17,19-22H,4-10,13-15H2,1-3H3. The molecule has 0 radical (unpaired) electrons. The summed E-state index contributed by atoms with van der Waals surface area (Å²) in [5.41, 5.74) is 1.30. The normalized spacial score (nSPS) is 34.1. The second-order valence-corrected chi connectivity index (χ2v) is 10.3. The Kier molecular flexibility index (Phi) is 5.56. The molecule has 0 aliphatic carbocycles. The van der Waals surface area contributed by atoms with Gasteiger partial charge in [0.2, 0.25) is 5.95 Å². The van der Waals surface area contributed by atoms with Crippen molar-refractivity contribution < 1.29 is 4.79 Å². The molecule has 0 amide bonds. The number of aromatic nitrogens is 2. The second kappa shape index (κ2) is 8.19. The molecule has 5 heterocycles. The van der Waals surface area contributed by atoms with E-state index in [0.717, 1.165) is 31.9 Å². The van der Waals surface area contributed by atoms with Gasteiger partial charge in [0.05, 0.1) is 6.54 Å². The Morgan fingerprint density at radius 1 is 1.00 bits per heavy atom. The van der Waals surface area contributed by atoms with Gasteiger partial charge in [0.25, 0.3) is 0 Å². The Hall–Kier alpha value is -1.53. The first-order valence-electron chi connectivity index (χ1n) is 12.1. The first-order valence-corrected chi connectivity index (χ1v) is 12.1. The van der Waals surface area contributed by atoms with Crippen LogP contribution in [0.25, 0.3) is 0 Å². The van der Waals surface area contributed by atoms with E-state index in [0.29, 0.717) is 54.9 Å². The summed E-state index contributed by atoms with van der Waals surface area (Å²) in [6.45, 7) is 9.51. The minimum atomic E-state index is 0.380. The van der Waals surface area contributed by atoms with Crippen LogP contribution in [0.2, 0.25) is 0 Å². The molecule has 0 spiro atoms. The smallest absolute Gasteiger partial charge is 0.225 e. The number of piperazine rings is 1. The summed E-state index contributed by atoms with van der Waals surface area (Å²) >= 11 is 0. The van der Waals surface area contributed by atoms with E-state index >= 15 is 0 Å². The Balaban J connectivity index is 1.25. The molecule has 4 fully saturated rings. The SMILES string of the molecule is CCC(=O)CN1C2CCC1CC(c1cnc(N3C4CCC3CN(C(C)C)C4)nc1)C2. The first-order chi connectivity index (χ1) is 14.5. The Labute approximate surface area is 181 Å². The van der Waals surface area contributed by atoms with Gasteiger partial charge in [-0.05, 0) is 63.9 Å². The lowest BCUT2D eigenvalue weighted by atomic mass is 9.86. The van der Waals surface area contributed by atoms with Gasteiger partial charge in [0, 0.05) is 62.1 Å². The highest BCUT2D eigenvalue weighted by Crippen LogP contribution is 2.43. The lowest BCUT2D eigenvalue weighted by molar-refractivity contribution is -0.121. The number of anilines is 1. The average Bonchev–Trinajstić information content (AvgIpc) is 3.13. The molecule has 1 aromatic rings. The maximum absolute atomic E-state index is 12.0. The van der Waals surface area contributed by atoms with Crippen LogP contribution in [0.5, 0.6) is 0 Å². The minimum absolute atomic E-state index is 0.380. The molecular formula is C24H37N5O. The molecule has 0 aromatic carbocycles. The molecule has 4 aliphatic heterocycles. The molecule has 0 saturated carbocycles. The van der Waals surface area contributed by atoms with E-state index in [1.807, 2.05) is 6.92 Å². The van der Waals surface area contributed by atoms with Crippen LogP contribution in [0.1, 0.15) is 77.2 Å². The van der Waals surface area contributed by atoms with Gasteiger partial charge >= 0.3 is 0 Å². The Morgan fingerprint density at radius 2 is 1.57 bits per heavy atom. The molecule has 4 bridgehead atoms. The van der Waals surface area contributed by atoms with E-state index in [9.17, 15) is 4.79 Å². The summed E-state index contributed by atoms with van der Waals surface area (Å²) in [6, 6.07) is 2.86. The molecule has 30 heavy (non-hydrogen) atoms. The van der Waals surface area contributed by atoms with Crippen molar-refractivity contribution in [2.75, 3.05) is 24.5 Å². The number of hydrogen-bond acceptors (Lipinski definition) is 6. The molecule has 4 unspecified atom stereocenters. The van der Waals surface area contributed by atoms with Gasteiger partial charge in [-0.15, -0.1) is 0 Å². The van der Waals surface area contributed by atoms with Crippen molar-refractivity contribution in [2.45, 2.75) is 102 Å². The Bertz CT molecular complexity index is 737. The molecule has 164 valence electrons. The number of likely N-dealkylation sites (tertiary alicyclic amines) is 1. The summed E-state index contributed by atoms with van der Waals surface area (Å²) in [5.74, 6) is 1.85. The number of rotatable bonds is 6. The fraction of sp³-hybridized carbons (Fsp3) is 0.792. The maximum atomic E-state index is 12.0. The highest BCUT2D eigenvalue weighted by molar-refractivity contribution is 5.80. The van der Waals surface area contributed by atoms with Crippen LogP contribution < -0.4 is 4.90 Å². The number of ketones is 1. The Morgan fingerprint density at radius 3 is 2.10 bits per heavy atom. The third kappa shape index (κ3) is 3.66. The van der Waals surface area contributed by atoms with Crippen molar-refractivity contribution >= 4 is 11.7 Å². The monoisotopic (exact) mass is 411 g/mol. The fourth-order valence-corrected chi connectivity index (χ4v) is 6.48. The second-order valence-electron chi connectivity index (χ2n) is 10.3. The number of hydrogen-bond donors (Lipinski definition) is 0. The molecule has 4 atom stereocenters. The lowest BCUT2D eigenvalue weighted by Gasteiger charge is -2.43. The zero-order chi connectivity index (χ0) is 20.8. The predicted molar refractivity (Wildman–Crippen MR) is 119 cm³/mol. The summed E-state index contributed by atoms with van der Waals surface area (Å²) in [5, 5.41) is 0. The maximum Gasteiger partial charge on any atom is 0.225 e. The predicted octanol–water partition coefficient (Wildman–Crippen LogP) is 3.23. The zero-order valence-corrected chi connectivity index (χ0v) is 18.8. The largest absolute Gasteiger partial charge is 0.332 e. The van der Waals surface area contributed by atoms with E-state index in [4.69, 9.17) is 9.97 Å². The van der Waals surface area contributed by atoms with E-state index in [1.165, 1.54) is 31.2 Å². The quantitative estimate of drug-likeness (QED) is 0.716. The van der Waals surface area contributed by atoms with Crippen LogP contribution in [0.4, 0.5) is 5.95 Å². The number of piperidine rings is 1. The van der Waals surface area contributed by atoms with Gasteiger partial charge in [-0.1, -0.05) is 6.92 Å². The van der Waals surface area contributed by atoms with Gasteiger partial charge < -0.3 is 4.90 Å². The number of Topliss-reactive ketones (excluding diaryl/α,β-unsaturated/α-hetero) is 1. The molecule has 4 saturated heterocycles. The van der Waals surface area contributed by atoms with Crippen LogP contribution in [0, 0.1) is 0 Å². The zero-order valence-electron chi connectivity index (χ0n) is 18.8. The first kappa shape index (κ1) is 20.4. The topological polar surface area (TPSA) is 52.6 Å². The van der Waals surface area contributed by atoms with Crippen molar-refractivity contribution in [1.82, 2.24) is 19.8 Å². The number of fused-ring (bicyclic) bond motifs is 4. The summed E-state index contributed by atoms with van der Waals surface area (Å²) in [4.78, 5) is 29.3. The molecule has 0 N–H and O–H groups in total. The molecule has 4 aliphatic rings. The van der Waals surface area contributed by atoms with E-state index in [1.54, 1.807) is 0 Å². The molecule has 6 nitrogen and oxygen atoms in total. The van der Waals surface area contributed by atoms with Crippen molar-refractivity contribution in [3.8, 4) is 0 Å². The summed E-state index contributed by atoms with van der Waals surface area (Å²) in [6.07, 6.45) is 12.2. The summed E-state index contributed by atoms with van der Waals surface area (Å²) < 4.78 is 0. The fourth-order valence-electron chi connectivity index (χ4n) is 6.48. The van der Waals surface area contributed by atoms with Gasteiger partial charge in [0.1, 0.15) is 5.78 Å². The van der Waals surface area contributed by atoms with Crippen LogP contribution in [0.3, 0.4) is 0 Å².